The average Bonchev–Trinajstić information content (AvgIpc) is 2.99. The number of amides is 2. The van der Waals surface area contributed by atoms with Crippen LogP contribution in [-0.4, -0.2) is 55.0 Å². The number of rotatable bonds is 6. The van der Waals surface area contributed by atoms with E-state index in [2.05, 4.69) is 5.32 Å². The molecule has 1 N–H and O–H groups in total. The average molecular weight is 484 g/mol. The minimum Gasteiger partial charge on any atom is -0.351 e. The van der Waals surface area contributed by atoms with Gasteiger partial charge in [-0.15, -0.1) is 0 Å². The van der Waals surface area contributed by atoms with Crippen molar-refractivity contribution in [1.82, 2.24) is 9.62 Å². The van der Waals surface area contributed by atoms with Crippen molar-refractivity contribution in [3.63, 3.8) is 0 Å². The Morgan fingerprint density at radius 1 is 1.22 bits per heavy atom. The molecule has 1 saturated heterocycles. The van der Waals surface area contributed by atoms with Gasteiger partial charge in [0.1, 0.15) is 5.54 Å². The molecule has 2 aliphatic rings. The third-order valence-electron chi connectivity index (χ3n) is 6.55. The maximum Gasteiger partial charge on any atom is 0.247 e. The van der Waals surface area contributed by atoms with Crippen molar-refractivity contribution in [2.24, 2.45) is 0 Å². The van der Waals surface area contributed by atoms with E-state index in [0.717, 1.165) is 38.5 Å². The predicted molar refractivity (Wildman–Crippen MR) is 127 cm³/mol. The number of benzene rings is 1. The Bertz CT molecular complexity index is 960. The molecule has 1 saturated carbocycles. The lowest BCUT2D eigenvalue weighted by molar-refractivity contribution is -0.133. The third kappa shape index (κ3) is 5.13. The van der Waals surface area contributed by atoms with Gasteiger partial charge in [-0.2, -0.15) is 4.31 Å². The number of hydrogen-bond donors (Lipinski definition) is 1. The lowest BCUT2D eigenvalue weighted by Gasteiger charge is -2.47. The lowest BCUT2D eigenvalue weighted by Crippen LogP contribution is -2.71. The molecule has 2 fully saturated rings. The molecule has 1 aliphatic carbocycles. The summed E-state index contributed by atoms with van der Waals surface area (Å²) >= 11 is 6.32. The molecule has 1 atom stereocenters. The fourth-order valence-electron chi connectivity index (χ4n) is 4.73. The molecule has 1 heterocycles. The number of nitrogens with one attached hydrogen (secondary N) is 1. The molecule has 32 heavy (non-hydrogen) atoms. The summed E-state index contributed by atoms with van der Waals surface area (Å²) in [7, 11) is -3.65. The smallest absolute Gasteiger partial charge is 0.247 e. The largest absolute Gasteiger partial charge is 0.351 e. The highest BCUT2D eigenvalue weighted by atomic mass is 35.5. The van der Waals surface area contributed by atoms with E-state index in [-0.39, 0.29) is 30.8 Å². The number of piperazine rings is 1. The lowest BCUT2D eigenvalue weighted by atomic mass is 9.92. The zero-order valence-corrected chi connectivity index (χ0v) is 20.8. The van der Waals surface area contributed by atoms with Crippen LogP contribution in [0.4, 0.5) is 5.69 Å². The fraction of sp³-hybridized carbons (Fsp3) is 0.652. The van der Waals surface area contributed by atoms with E-state index >= 15 is 0 Å². The molecule has 2 amide bonds. The molecular weight excluding hydrogens is 450 g/mol. The highest BCUT2D eigenvalue weighted by Crippen LogP contribution is 2.35. The Morgan fingerprint density at radius 2 is 1.88 bits per heavy atom. The Hall–Kier alpha value is -1.64. The van der Waals surface area contributed by atoms with E-state index in [1.165, 1.54) is 9.21 Å². The summed E-state index contributed by atoms with van der Waals surface area (Å²) in [5, 5.41) is 3.63. The normalized spacial score (nSPS) is 23.8. The minimum atomic E-state index is -3.65. The predicted octanol–water partition coefficient (Wildman–Crippen LogP) is 3.63. The van der Waals surface area contributed by atoms with Crippen LogP contribution < -0.4 is 10.2 Å². The summed E-state index contributed by atoms with van der Waals surface area (Å²) in [4.78, 5) is 28.5. The molecule has 7 nitrogen and oxygen atoms in total. The van der Waals surface area contributed by atoms with Gasteiger partial charge >= 0.3 is 0 Å². The first-order valence-corrected chi connectivity index (χ1v) is 13.5. The first-order chi connectivity index (χ1) is 15.1. The minimum absolute atomic E-state index is 0.0295. The van der Waals surface area contributed by atoms with Crippen LogP contribution in [0.2, 0.25) is 5.02 Å². The summed E-state index contributed by atoms with van der Waals surface area (Å²) in [5.74, 6) is -0.815. The topological polar surface area (TPSA) is 86.8 Å². The van der Waals surface area contributed by atoms with Crippen molar-refractivity contribution >= 4 is 39.1 Å². The number of anilines is 1. The summed E-state index contributed by atoms with van der Waals surface area (Å²) in [6.45, 7) is 4.86. The number of hydrogen-bond acceptors (Lipinski definition) is 4. The highest BCUT2D eigenvalue weighted by molar-refractivity contribution is 7.89. The van der Waals surface area contributed by atoms with Crippen molar-refractivity contribution < 1.29 is 18.0 Å². The summed E-state index contributed by atoms with van der Waals surface area (Å²) < 4.78 is 26.9. The van der Waals surface area contributed by atoms with E-state index < -0.39 is 21.5 Å². The Morgan fingerprint density at radius 3 is 2.50 bits per heavy atom. The first kappa shape index (κ1) is 25.0. The van der Waals surface area contributed by atoms with Crippen molar-refractivity contribution in [2.45, 2.75) is 77.3 Å². The van der Waals surface area contributed by atoms with Crippen LogP contribution in [0, 0.1) is 6.92 Å². The van der Waals surface area contributed by atoms with Crippen LogP contribution in [0.1, 0.15) is 64.4 Å². The van der Waals surface area contributed by atoms with Gasteiger partial charge < -0.3 is 5.32 Å². The van der Waals surface area contributed by atoms with Crippen molar-refractivity contribution in [3.8, 4) is 0 Å². The van der Waals surface area contributed by atoms with E-state index in [1.807, 2.05) is 0 Å². The fourth-order valence-corrected chi connectivity index (χ4v) is 6.43. The van der Waals surface area contributed by atoms with Crippen LogP contribution in [0.15, 0.2) is 18.2 Å². The zero-order valence-electron chi connectivity index (χ0n) is 19.2. The van der Waals surface area contributed by atoms with Crippen LogP contribution in [-0.2, 0) is 19.6 Å². The summed E-state index contributed by atoms with van der Waals surface area (Å²) in [5.41, 5.74) is -0.174. The number of sulfonamides is 1. The molecule has 178 valence electrons. The molecule has 0 radical (unpaired) electrons. The van der Waals surface area contributed by atoms with Crippen molar-refractivity contribution in [3.05, 3.63) is 28.8 Å². The van der Waals surface area contributed by atoms with Gasteiger partial charge in [0.15, 0.2) is 0 Å². The summed E-state index contributed by atoms with van der Waals surface area (Å²) in [6.07, 6.45) is 6.63. The van der Waals surface area contributed by atoms with Gasteiger partial charge in [0.05, 0.1) is 12.3 Å². The Labute approximate surface area is 196 Å². The van der Waals surface area contributed by atoms with Crippen LogP contribution >= 0.6 is 11.6 Å². The van der Waals surface area contributed by atoms with Crippen LogP contribution in [0.5, 0.6) is 0 Å². The van der Waals surface area contributed by atoms with E-state index in [0.29, 0.717) is 22.7 Å². The second kappa shape index (κ2) is 10.1. The van der Waals surface area contributed by atoms with E-state index in [9.17, 15) is 18.0 Å². The molecule has 0 spiro atoms. The number of nitrogens with zero attached hydrogens (tertiary/aromatic N) is 2. The Kier molecular flexibility index (Phi) is 7.89. The molecule has 3 rings (SSSR count). The van der Waals surface area contributed by atoms with Gasteiger partial charge in [-0.1, -0.05) is 50.3 Å². The van der Waals surface area contributed by atoms with E-state index in [1.54, 1.807) is 39.0 Å². The molecule has 0 aromatic heterocycles. The Balaban J connectivity index is 2.01. The quantitative estimate of drug-likeness (QED) is 0.626. The van der Waals surface area contributed by atoms with Crippen molar-refractivity contribution in [2.75, 3.05) is 23.7 Å². The third-order valence-corrected chi connectivity index (χ3v) is 8.93. The summed E-state index contributed by atoms with van der Waals surface area (Å²) in [6, 6.07) is 5.26. The molecule has 9 heteroatoms. The first-order valence-electron chi connectivity index (χ1n) is 11.5. The van der Waals surface area contributed by atoms with Crippen molar-refractivity contribution in [1.29, 1.82) is 0 Å². The van der Waals surface area contributed by atoms with Gasteiger partial charge in [0.2, 0.25) is 21.8 Å². The SMILES string of the molecule is CCCS(=O)(=O)N1CC(=O)N(c2cccc(Cl)c2C)[C@@](C)(C(=O)NC2CCCCCC2)C1. The molecule has 1 aromatic rings. The highest BCUT2D eigenvalue weighted by Gasteiger charge is 2.51. The zero-order chi connectivity index (χ0) is 23.5. The second-order valence-electron chi connectivity index (χ2n) is 9.13. The van der Waals surface area contributed by atoms with Gasteiger partial charge in [-0.25, -0.2) is 8.42 Å². The number of halogens is 1. The van der Waals surface area contributed by atoms with Crippen LogP contribution in [0.3, 0.4) is 0 Å². The number of carbonyl (C=O) groups is 2. The van der Waals surface area contributed by atoms with Gasteiger partial charge in [-0.3, -0.25) is 14.5 Å². The maximum absolute atomic E-state index is 13.7. The van der Waals surface area contributed by atoms with E-state index in [4.69, 9.17) is 11.6 Å². The van der Waals surface area contributed by atoms with Gasteiger partial charge in [0.25, 0.3) is 0 Å². The monoisotopic (exact) mass is 483 g/mol. The van der Waals surface area contributed by atoms with Crippen LogP contribution in [0.25, 0.3) is 0 Å². The second-order valence-corrected chi connectivity index (χ2v) is 11.6. The molecule has 0 bridgehead atoms. The molecule has 0 unspecified atom stereocenters. The standard InChI is InChI=1S/C23H34ClN3O4S/c1-4-14-32(30,31)26-15-21(28)27(20-13-9-12-19(24)17(20)2)23(3,16-26)22(29)25-18-10-7-5-6-8-11-18/h9,12-13,18H,4-8,10-11,14-16H2,1-3H3,(H,25,29)/t23-/m1/s1. The molecular formula is C23H34ClN3O4S. The molecule has 1 aromatic carbocycles. The van der Waals surface area contributed by atoms with Gasteiger partial charge in [0, 0.05) is 23.3 Å². The van der Waals surface area contributed by atoms with Gasteiger partial charge in [-0.05, 0) is 50.8 Å². The molecule has 1 aliphatic heterocycles. The number of carbonyl (C=O) groups excluding carboxylic acids is 2. The maximum atomic E-state index is 13.7.